The Kier molecular flexibility index (Phi) is 5.92. The van der Waals surface area contributed by atoms with Gasteiger partial charge in [-0.05, 0) is 18.6 Å². The molecule has 142 valence electrons. The number of amides is 3. The Hall–Kier alpha value is -2.35. The molecule has 2 aliphatic rings. The first-order chi connectivity index (χ1) is 12.6. The van der Waals surface area contributed by atoms with E-state index in [1.807, 2.05) is 0 Å². The highest BCUT2D eigenvalue weighted by Crippen LogP contribution is 2.21. The first-order valence-corrected chi connectivity index (χ1v) is 8.98. The fraction of sp³-hybridized carbons (Fsp3) is 0.611. The maximum absolute atomic E-state index is 12.7. The molecule has 8 heteroatoms. The van der Waals surface area contributed by atoms with Gasteiger partial charge in [-0.15, -0.1) is 0 Å². The quantitative estimate of drug-likeness (QED) is 0.685. The van der Waals surface area contributed by atoms with E-state index >= 15 is 0 Å². The van der Waals surface area contributed by atoms with Crippen molar-refractivity contribution in [2.75, 3.05) is 53.0 Å². The number of carbonyl (C=O) groups is 3. The summed E-state index contributed by atoms with van der Waals surface area (Å²) in [4.78, 5) is 42.3. The van der Waals surface area contributed by atoms with Crippen LogP contribution in [0.3, 0.4) is 0 Å². The molecule has 3 amide bonds. The van der Waals surface area contributed by atoms with Crippen LogP contribution in [0.4, 0.5) is 0 Å². The number of hydrogen-bond acceptors (Lipinski definition) is 5. The molecule has 26 heavy (non-hydrogen) atoms. The van der Waals surface area contributed by atoms with Crippen LogP contribution in [-0.2, 0) is 14.3 Å². The number of ether oxygens (including phenoxy) is 1. The average molecular weight is 363 g/mol. The molecule has 0 aromatic carbocycles. The van der Waals surface area contributed by atoms with Crippen LogP contribution in [-0.4, -0.2) is 85.4 Å². The molecule has 0 aliphatic carbocycles. The van der Waals surface area contributed by atoms with E-state index < -0.39 is 0 Å². The average Bonchev–Trinajstić information content (AvgIpc) is 3.31. The van der Waals surface area contributed by atoms with Crippen molar-refractivity contribution >= 4 is 17.7 Å². The van der Waals surface area contributed by atoms with Crippen molar-refractivity contribution in [3.05, 3.63) is 24.2 Å². The Morgan fingerprint density at radius 3 is 2.62 bits per heavy atom. The van der Waals surface area contributed by atoms with Gasteiger partial charge in [0.05, 0.1) is 12.2 Å². The van der Waals surface area contributed by atoms with Crippen LogP contribution in [0.25, 0.3) is 0 Å². The number of likely N-dealkylation sites (tertiary alicyclic amines) is 1. The Balaban J connectivity index is 1.48. The van der Waals surface area contributed by atoms with Gasteiger partial charge in [-0.1, -0.05) is 0 Å². The van der Waals surface area contributed by atoms with Crippen molar-refractivity contribution in [1.82, 2.24) is 14.7 Å². The smallest absolute Gasteiger partial charge is 0.289 e. The number of piperazine rings is 1. The van der Waals surface area contributed by atoms with Crippen LogP contribution < -0.4 is 0 Å². The van der Waals surface area contributed by atoms with Crippen LogP contribution in [0.15, 0.2) is 22.8 Å². The standard InChI is InChI=1S/C18H25N3O5/c1-25-10-3-5-21-13-14(12-16(21)22)17(23)19-6-8-20(9-7-19)18(24)15-4-2-11-26-15/h2,4,11,14H,3,5-10,12-13H2,1H3. The summed E-state index contributed by atoms with van der Waals surface area (Å²) in [6, 6.07) is 3.32. The molecule has 0 N–H and O–H groups in total. The zero-order chi connectivity index (χ0) is 18.5. The van der Waals surface area contributed by atoms with Crippen molar-refractivity contribution in [2.45, 2.75) is 12.8 Å². The number of furan rings is 1. The molecule has 2 saturated heterocycles. The van der Waals surface area contributed by atoms with Gasteiger partial charge in [-0.3, -0.25) is 14.4 Å². The fourth-order valence-corrected chi connectivity index (χ4v) is 3.50. The molecule has 0 saturated carbocycles. The van der Waals surface area contributed by atoms with E-state index in [1.54, 1.807) is 33.9 Å². The van der Waals surface area contributed by atoms with Crippen LogP contribution in [0.1, 0.15) is 23.4 Å². The highest BCUT2D eigenvalue weighted by Gasteiger charge is 2.37. The van der Waals surface area contributed by atoms with Gasteiger partial charge in [-0.25, -0.2) is 0 Å². The minimum Gasteiger partial charge on any atom is -0.459 e. The highest BCUT2D eigenvalue weighted by atomic mass is 16.5. The molecule has 0 radical (unpaired) electrons. The molecular weight excluding hydrogens is 338 g/mol. The Morgan fingerprint density at radius 1 is 1.23 bits per heavy atom. The summed E-state index contributed by atoms with van der Waals surface area (Å²) in [7, 11) is 1.63. The lowest BCUT2D eigenvalue weighted by Crippen LogP contribution is -2.52. The van der Waals surface area contributed by atoms with Gasteiger partial charge < -0.3 is 23.9 Å². The van der Waals surface area contributed by atoms with E-state index in [1.165, 1.54) is 6.26 Å². The van der Waals surface area contributed by atoms with Crippen molar-refractivity contribution in [3.8, 4) is 0 Å². The van der Waals surface area contributed by atoms with Gasteiger partial charge in [-0.2, -0.15) is 0 Å². The molecule has 3 heterocycles. The van der Waals surface area contributed by atoms with E-state index in [4.69, 9.17) is 9.15 Å². The Morgan fingerprint density at radius 2 is 1.96 bits per heavy atom. The molecular formula is C18H25N3O5. The molecule has 1 aromatic rings. The molecule has 8 nitrogen and oxygen atoms in total. The topological polar surface area (TPSA) is 83.3 Å². The lowest BCUT2D eigenvalue weighted by molar-refractivity contribution is -0.137. The van der Waals surface area contributed by atoms with Crippen LogP contribution in [0.5, 0.6) is 0 Å². The molecule has 1 aromatic heterocycles. The highest BCUT2D eigenvalue weighted by molar-refractivity contribution is 5.92. The number of methoxy groups -OCH3 is 1. The predicted octanol–water partition coefficient (Wildman–Crippen LogP) is 0.449. The summed E-state index contributed by atoms with van der Waals surface area (Å²) in [5.41, 5.74) is 0. The molecule has 2 fully saturated rings. The van der Waals surface area contributed by atoms with Gasteiger partial charge in [0.1, 0.15) is 0 Å². The lowest BCUT2D eigenvalue weighted by Gasteiger charge is -2.35. The summed E-state index contributed by atoms with van der Waals surface area (Å²) < 4.78 is 10.2. The zero-order valence-electron chi connectivity index (χ0n) is 15.1. The van der Waals surface area contributed by atoms with Gasteiger partial charge in [0.25, 0.3) is 5.91 Å². The summed E-state index contributed by atoms with van der Waals surface area (Å²) in [5.74, 6) is -0.0681. The van der Waals surface area contributed by atoms with Gasteiger partial charge in [0.15, 0.2) is 5.76 Å². The maximum Gasteiger partial charge on any atom is 0.289 e. The second-order valence-corrected chi connectivity index (χ2v) is 6.68. The molecule has 0 bridgehead atoms. The normalized spacial score (nSPS) is 20.7. The predicted molar refractivity (Wildman–Crippen MR) is 92.4 cm³/mol. The second kappa shape index (κ2) is 8.35. The lowest BCUT2D eigenvalue weighted by atomic mass is 10.1. The minimum atomic E-state index is -0.280. The van der Waals surface area contributed by atoms with E-state index in [0.717, 1.165) is 6.42 Å². The zero-order valence-corrected chi connectivity index (χ0v) is 15.1. The monoisotopic (exact) mass is 363 g/mol. The molecule has 3 rings (SSSR count). The first-order valence-electron chi connectivity index (χ1n) is 8.98. The van der Waals surface area contributed by atoms with Crippen molar-refractivity contribution in [3.63, 3.8) is 0 Å². The maximum atomic E-state index is 12.7. The van der Waals surface area contributed by atoms with Crippen molar-refractivity contribution in [1.29, 1.82) is 0 Å². The number of nitrogens with zero attached hydrogens (tertiary/aromatic N) is 3. The number of carbonyl (C=O) groups excluding carboxylic acids is 3. The Labute approximate surface area is 152 Å². The van der Waals surface area contributed by atoms with Gasteiger partial charge >= 0.3 is 0 Å². The van der Waals surface area contributed by atoms with Crippen molar-refractivity contribution < 1.29 is 23.5 Å². The summed E-state index contributed by atoms with van der Waals surface area (Å²) >= 11 is 0. The molecule has 1 unspecified atom stereocenters. The SMILES string of the molecule is COCCCN1CC(C(=O)N2CCN(C(=O)c3ccco3)CC2)CC1=O. The summed E-state index contributed by atoms with van der Waals surface area (Å²) in [5, 5.41) is 0. The van der Waals surface area contributed by atoms with Crippen LogP contribution >= 0.6 is 0 Å². The van der Waals surface area contributed by atoms with E-state index in [9.17, 15) is 14.4 Å². The Bertz CT molecular complexity index is 637. The van der Waals surface area contributed by atoms with E-state index in [2.05, 4.69) is 0 Å². The van der Waals surface area contributed by atoms with Gasteiger partial charge in [0, 0.05) is 59.4 Å². The van der Waals surface area contributed by atoms with Gasteiger partial charge in [0.2, 0.25) is 11.8 Å². The fourth-order valence-electron chi connectivity index (χ4n) is 3.50. The van der Waals surface area contributed by atoms with Crippen LogP contribution in [0, 0.1) is 5.92 Å². The molecule has 1 atom stereocenters. The van der Waals surface area contributed by atoms with Crippen LogP contribution in [0.2, 0.25) is 0 Å². The number of hydrogen-bond donors (Lipinski definition) is 0. The van der Waals surface area contributed by atoms with E-state index in [-0.39, 0.29) is 30.1 Å². The summed E-state index contributed by atoms with van der Waals surface area (Å²) in [6.45, 7) is 3.63. The molecule has 0 spiro atoms. The minimum absolute atomic E-state index is 0.0117. The third kappa shape index (κ3) is 4.07. The largest absolute Gasteiger partial charge is 0.459 e. The third-order valence-electron chi connectivity index (χ3n) is 4.95. The van der Waals surface area contributed by atoms with E-state index in [0.29, 0.717) is 51.6 Å². The summed E-state index contributed by atoms with van der Waals surface area (Å²) in [6.07, 6.45) is 2.52. The van der Waals surface area contributed by atoms with Crippen molar-refractivity contribution in [2.24, 2.45) is 5.92 Å². The third-order valence-corrected chi connectivity index (χ3v) is 4.95. The molecule has 2 aliphatic heterocycles. The number of rotatable bonds is 6. The first kappa shape index (κ1) is 18.4. The second-order valence-electron chi connectivity index (χ2n) is 6.68.